The van der Waals surface area contributed by atoms with Crippen LogP contribution in [0.1, 0.15) is 32.5 Å². The van der Waals surface area contributed by atoms with Crippen molar-refractivity contribution in [3.8, 4) is 11.1 Å². The van der Waals surface area contributed by atoms with Crippen LogP contribution in [-0.4, -0.2) is 17.4 Å². The molecule has 0 radical (unpaired) electrons. The van der Waals surface area contributed by atoms with E-state index >= 15 is 0 Å². The van der Waals surface area contributed by atoms with E-state index in [1.807, 2.05) is 60.8 Å². The summed E-state index contributed by atoms with van der Waals surface area (Å²) in [4.78, 5) is 17.0. The van der Waals surface area contributed by atoms with Crippen molar-refractivity contribution in [2.45, 2.75) is 19.3 Å². The highest BCUT2D eigenvalue weighted by Gasteiger charge is 2.07. The molecule has 3 aromatic rings. The number of carbonyl (C=O) groups excluding carboxylic acids is 1. The van der Waals surface area contributed by atoms with Crippen molar-refractivity contribution >= 4 is 17.4 Å². The molecule has 0 unspecified atom stereocenters. The van der Waals surface area contributed by atoms with Gasteiger partial charge in [0.1, 0.15) is 5.82 Å². The summed E-state index contributed by atoms with van der Waals surface area (Å²) in [5.41, 5.74) is 4.96. The maximum absolute atomic E-state index is 12.5. The Hall–Kier alpha value is -3.66. The third-order valence-corrected chi connectivity index (χ3v) is 5.04. The van der Waals surface area contributed by atoms with Gasteiger partial charge in [-0.05, 0) is 55.2 Å². The molecule has 1 heterocycles. The molecule has 0 bridgehead atoms. The maximum atomic E-state index is 12.5. The van der Waals surface area contributed by atoms with E-state index < -0.39 is 0 Å². The summed E-state index contributed by atoms with van der Waals surface area (Å²) < 4.78 is 0. The summed E-state index contributed by atoms with van der Waals surface area (Å²) in [6.07, 6.45) is 11.5. The first-order chi connectivity index (χ1) is 14.8. The van der Waals surface area contributed by atoms with Crippen LogP contribution in [0.5, 0.6) is 0 Å². The Morgan fingerprint density at radius 3 is 2.63 bits per heavy atom. The van der Waals surface area contributed by atoms with E-state index in [1.54, 1.807) is 0 Å². The first-order valence-corrected chi connectivity index (χ1v) is 10.3. The van der Waals surface area contributed by atoms with E-state index in [2.05, 4.69) is 46.0 Å². The molecular weight excluding hydrogens is 370 g/mol. The van der Waals surface area contributed by atoms with Gasteiger partial charge in [0.05, 0.1) is 0 Å². The number of anilines is 2. The minimum absolute atomic E-state index is 0. The Labute approximate surface area is 180 Å². The molecule has 0 saturated carbocycles. The number of hydrogen-bond donors (Lipinski definition) is 2. The molecule has 4 nitrogen and oxygen atoms in total. The molecule has 2 aromatic carbocycles. The summed E-state index contributed by atoms with van der Waals surface area (Å²) in [5.74, 6) is 0.676. The molecule has 1 aromatic heterocycles. The molecular formula is C26H29N3O. The summed E-state index contributed by atoms with van der Waals surface area (Å²) in [6.45, 7) is 0.634. The van der Waals surface area contributed by atoms with Crippen LogP contribution < -0.4 is 10.6 Å². The normalized spacial score (nSPS) is 12.9. The van der Waals surface area contributed by atoms with Gasteiger partial charge in [0.25, 0.3) is 5.91 Å². The van der Waals surface area contributed by atoms with Crippen LogP contribution in [-0.2, 0) is 0 Å². The van der Waals surface area contributed by atoms with Crippen molar-refractivity contribution in [2.75, 3.05) is 11.9 Å². The zero-order valence-corrected chi connectivity index (χ0v) is 16.8. The molecule has 4 rings (SSSR count). The Morgan fingerprint density at radius 1 is 0.967 bits per heavy atom. The van der Waals surface area contributed by atoms with Crippen LogP contribution in [0, 0.1) is 0 Å². The Morgan fingerprint density at radius 2 is 1.87 bits per heavy atom. The highest BCUT2D eigenvalue weighted by molar-refractivity contribution is 5.95. The molecule has 0 fully saturated rings. The second kappa shape index (κ2) is 9.70. The number of aromatic nitrogens is 1. The topological polar surface area (TPSA) is 54.0 Å². The van der Waals surface area contributed by atoms with E-state index in [9.17, 15) is 4.79 Å². The molecule has 1 amide bonds. The first-order valence-electron chi connectivity index (χ1n) is 10.3. The molecule has 0 spiro atoms. The van der Waals surface area contributed by atoms with Crippen molar-refractivity contribution in [1.82, 2.24) is 10.3 Å². The van der Waals surface area contributed by atoms with E-state index in [1.165, 1.54) is 5.57 Å². The monoisotopic (exact) mass is 399 g/mol. The zero-order valence-electron chi connectivity index (χ0n) is 16.8. The number of rotatable bonds is 7. The van der Waals surface area contributed by atoms with Crippen LogP contribution in [0.2, 0.25) is 0 Å². The second-order valence-electron chi connectivity index (χ2n) is 7.27. The van der Waals surface area contributed by atoms with Crippen molar-refractivity contribution < 1.29 is 7.65 Å². The number of pyridine rings is 1. The van der Waals surface area contributed by atoms with Gasteiger partial charge in [-0.1, -0.05) is 60.2 Å². The van der Waals surface area contributed by atoms with Gasteiger partial charge in [-0.3, -0.25) is 4.79 Å². The standard InChI is InChI=1S/C26H25N3O.2H2/c30-26(27-17-16-20-8-3-1-4-9-20)22-12-7-13-24(18-22)29-25-15-14-23(19-28-25)21-10-5-2-6-11-21;;/h2-3,5-15,18-19H,1,4,16-17H2,(H,27,30)(H,28,29);2*1H. The van der Waals surface area contributed by atoms with Crippen LogP contribution in [0.25, 0.3) is 11.1 Å². The summed E-state index contributed by atoms with van der Waals surface area (Å²) in [5, 5.41) is 6.28. The number of amides is 1. The summed E-state index contributed by atoms with van der Waals surface area (Å²) in [6, 6.07) is 21.6. The van der Waals surface area contributed by atoms with Crippen LogP contribution in [0.15, 0.2) is 96.7 Å². The fourth-order valence-electron chi connectivity index (χ4n) is 3.43. The predicted molar refractivity (Wildman–Crippen MR) is 127 cm³/mol. The van der Waals surface area contributed by atoms with E-state index in [0.29, 0.717) is 12.1 Å². The number of allylic oxidation sites excluding steroid dienone is 3. The van der Waals surface area contributed by atoms with Gasteiger partial charge < -0.3 is 10.6 Å². The molecule has 1 aliphatic rings. The van der Waals surface area contributed by atoms with Crippen molar-refractivity contribution in [3.05, 3.63) is 102 Å². The molecule has 2 N–H and O–H groups in total. The molecule has 1 aliphatic carbocycles. The Balaban J connectivity index is 0.00000181. The highest BCUT2D eigenvalue weighted by Crippen LogP contribution is 2.21. The third kappa shape index (κ3) is 5.23. The number of benzene rings is 2. The molecule has 0 atom stereocenters. The Kier molecular flexibility index (Phi) is 6.35. The van der Waals surface area contributed by atoms with Gasteiger partial charge in [-0.25, -0.2) is 4.98 Å². The van der Waals surface area contributed by atoms with E-state index in [0.717, 1.165) is 41.9 Å². The molecule has 4 heteroatoms. The van der Waals surface area contributed by atoms with E-state index in [4.69, 9.17) is 0 Å². The average Bonchev–Trinajstić information content (AvgIpc) is 2.81. The van der Waals surface area contributed by atoms with Crippen molar-refractivity contribution in [1.29, 1.82) is 0 Å². The fraction of sp³-hybridized carbons (Fsp3) is 0.154. The lowest BCUT2D eigenvalue weighted by Crippen LogP contribution is -2.24. The van der Waals surface area contributed by atoms with Gasteiger partial charge in [0.15, 0.2) is 0 Å². The van der Waals surface area contributed by atoms with Crippen molar-refractivity contribution in [2.24, 2.45) is 0 Å². The summed E-state index contributed by atoms with van der Waals surface area (Å²) in [7, 11) is 0. The third-order valence-electron chi connectivity index (χ3n) is 5.04. The van der Waals surface area contributed by atoms with Gasteiger partial charge >= 0.3 is 0 Å². The molecule has 154 valence electrons. The van der Waals surface area contributed by atoms with Gasteiger partial charge in [0, 0.05) is 32.4 Å². The van der Waals surface area contributed by atoms with Crippen LogP contribution in [0.4, 0.5) is 11.5 Å². The van der Waals surface area contributed by atoms with E-state index in [-0.39, 0.29) is 8.76 Å². The second-order valence-corrected chi connectivity index (χ2v) is 7.27. The van der Waals surface area contributed by atoms with Crippen LogP contribution in [0.3, 0.4) is 0 Å². The van der Waals surface area contributed by atoms with Crippen molar-refractivity contribution in [3.63, 3.8) is 0 Å². The molecule has 30 heavy (non-hydrogen) atoms. The number of hydrogen-bond acceptors (Lipinski definition) is 3. The van der Waals surface area contributed by atoms with Gasteiger partial charge in [-0.15, -0.1) is 0 Å². The lowest BCUT2D eigenvalue weighted by Gasteiger charge is -2.10. The minimum Gasteiger partial charge on any atom is -0.352 e. The highest BCUT2D eigenvalue weighted by atomic mass is 16.1. The fourth-order valence-corrected chi connectivity index (χ4v) is 3.43. The molecule has 0 saturated heterocycles. The SMILES string of the molecule is O=C(NCCC1=CCCC=C1)c1cccc(Nc2ccc(-c3ccccc3)cn2)c1.[HH].[HH]. The largest absolute Gasteiger partial charge is 0.352 e. The predicted octanol–water partition coefficient (Wildman–Crippen LogP) is 6.38. The Bertz CT molecular complexity index is 1060. The minimum atomic E-state index is -0.0635. The lowest BCUT2D eigenvalue weighted by atomic mass is 10.0. The average molecular weight is 400 g/mol. The first kappa shape index (κ1) is 19.6. The quantitative estimate of drug-likeness (QED) is 0.485. The van der Waals surface area contributed by atoms with Gasteiger partial charge in [-0.2, -0.15) is 0 Å². The van der Waals surface area contributed by atoms with Gasteiger partial charge in [0.2, 0.25) is 0 Å². The number of nitrogens with one attached hydrogen (secondary N) is 2. The zero-order chi connectivity index (χ0) is 20.6. The summed E-state index contributed by atoms with van der Waals surface area (Å²) >= 11 is 0. The molecule has 0 aliphatic heterocycles. The number of nitrogens with zero attached hydrogens (tertiary/aromatic N) is 1. The van der Waals surface area contributed by atoms with Crippen LogP contribution >= 0.6 is 0 Å². The smallest absolute Gasteiger partial charge is 0.251 e. The maximum Gasteiger partial charge on any atom is 0.251 e. The number of carbonyl (C=O) groups is 1. The lowest BCUT2D eigenvalue weighted by molar-refractivity contribution is 0.0954.